The van der Waals surface area contributed by atoms with Gasteiger partial charge in [0.05, 0.1) is 18.2 Å². The van der Waals surface area contributed by atoms with Crippen molar-refractivity contribution in [3.05, 3.63) is 48.0 Å². The average Bonchev–Trinajstić information content (AvgIpc) is 2.82. The number of anilines is 2. The van der Waals surface area contributed by atoms with Gasteiger partial charge in [0.15, 0.2) is 0 Å². The van der Waals surface area contributed by atoms with Crippen molar-refractivity contribution in [2.24, 2.45) is 11.3 Å². The van der Waals surface area contributed by atoms with Crippen molar-refractivity contribution in [3.63, 3.8) is 0 Å². The van der Waals surface area contributed by atoms with Gasteiger partial charge in [-0.15, -0.1) is 0 Å². The summed E-state index contributed by atoms with van der Waals surface area (Å²) in [5, 5.41) is 5.69. The normalized spacial score (nSPS) is 15.0. The maximum absolute atomic E-state index is 13.1. The van der Waals surface area contributed by atoms with E-state index in [0.29, 0.717) is 36.8 Å². The van der Waals surface area contributed by atoms with Gasteiger partial charge in [0.1, 0.15) is 18.1 Å². The van der Waals surface area contributed by atoms with Gasteiger partial charge in [-0.3, -0.25) is 4.79 Å². The van der Waals surface area contributed by atoms with E-state index in [1.807, 2.05) is 38.1 Å². The van der Waals surface area contributed by atoms with Crippen LogP contribution in [0.15, 0.2) is 42.5 Å². The molecule has 0 saturated heterocycles. The van der Waals surface area contributed by atoms with E-state index in [1.165, 1.54) is 0 Å². The van der Waals surface area contributed by atoms with E-state index in [2.05, 4.69) is 24.5 Å². The molecule has 0 aromatic heterocycles. The Labute approximate surface area is 183 Å². The molecule has 0 radical (unpaired) electrons. The van der Waals surface area contributed by atoms with Crippen LogP contribution >= 0.6 is 0 Å². The van der Waals surface area contributed by atoms with Crippen LogP contribution in [-0.2, 0) is 11.3 Å². The molecular weight excluding hydrogens is 394 g/mol. The minimum absolute atomic E-state index is 0.0149. The second-order valence-corrected chi connectivity index (χ2v) is 8.82. The van der Waals surface area contributed by atoms with Crippen LogP contribution in [-0.4, -0.2) is 32.2 Å². The zero-order valence-corrected chi connectivity index (χ0v) is 18.8. The first kappa shape index (κ1) is 22.5. The monoisotopic (exact) mass is 425 g/mol. The predicted octanol–water partition coefficient (Wildman–Crippen LogP) is 4.42. The fourth-order valence-electron chi connectivity index (χ4n) is 3.37. The number of benzene rings is 2. The van der Waals surface area contributed by atoms with Crippen LogP contribution in [0.4, 0.5) is 16.2 Å². The number of nitrogens with zero attached hydrogens (tertiary/aromatic N) is 1. The Morgan fingerprint density at radius 2 is 1.90 bits per heavy atom. The molecule has 3 amide bonds. The van der Waals surface area contributed by atoms with E-state index < -0.39 is 5.41 Å². The average molecular weight is 426 g/mol. The maximum atomic E-state index is 13.1. The number of nitrogens with one attached hydrogen (secondary N) is 2. The standard InChI is InChI=1S/C24H31N3O4/c1-16(2)14-27-20-12-18(8-11-21(20)31-15-24(3,4)22(27)28)26-23(29)25-13-17-6-9-19(30-5)10-7-17/h6-12,16H,13-15H2,1-5H3,(H2,25,26,29). The first-order valence-corrected chi connectivity index (χ1v) is 10.5. The summed E-state index contributed by atoms with van der Waals surface area (Å²) in [7, 11) is 1.61. The highest BCUT2D eigenvalue weighted by atomic mass is 16.5. The van der Waals surface area contributed by atoms with Gasteiger partial charge in [-0.05, 0) is 55.7 Å². The second-order valence-electron chi connectivity index (χ2n) is 8.82. The van der Waals surface area contributed by atoms with Gasteiger partial charge in [-0.2, -0.15) is 0 Å². The van der Waals surface area contributed by atoms with E-state index in [9.17, 15) is 9.59 Å². The zero-order chi connectivity index (χ0) is 22.6. The van der Waals surface area contributed by atoms with Crippen LogP contribution in [0, 0.1) is 11.3 Å². The first-order valence-electron chi connectivity index (χ1n) is 10.5. The number of urea groups is 1. The molecule has 0 unspecified atom stereocenters. The van der Waals surface area contributed by atoms with Crippen molar-refractivity contribution in [2.45, 2.75) is 34.2 Å². The van der Waals surface area contributed by atoms with Crippen molar-refractivity contribution in [2.75, 3.05) is 30.5 Å². The lowest BCUT2D eigenvalue weighted by Gasteiger charge is -2.29. The molecule has 7 nitrogen and oxygen atoms in total. The summed E-state index contributed by atoms with van der Waals surface area (Å²) < 4.78 is 11.1. The molecule has 2 aromatic rings. The molecule has 0 bridgehead atoms. The molecule has 31 heavy (non-hydrogen) atoms. The fourth-order valence-corrected chi connectivity index (χ4v) is 3.37. The third-order valence-electron chi connectivity index (χ3n) is 5.08. The minimum atomic E-state index is -0.628. The van der Waals surface area contributed by atoms with Gasteiger partial charge in [-0.25, -0.2) is 4.79 Å². The summed E-state index contributed by atoms with van der Waals surface area (Å²) in [5.74, 6) is 1.71. The molecule has 0 atom stereocenters. The molecule has 2 N–H and O–H groups in total. The van der Waals surface area contributed by atoms with Crippen molar-refractivity contribution in [1.82, 2.24) is 5.32 Å². The first-order chi connectivity index (χ1) is 14.7. The van der Waals surface area contributed by atoms with Gasteiger partial charge in [0, 0.05) is 18.8 Å². The van der Waals surface area contributed by atoms with Crippen LogP contribution < -0.4 is 25.0 Å². The van der Waals surface area contributed by atoms with Crippen molar-refractivity contribution in [3.8, 4) is 11.5 Å². The molecule has 1 aliphatic heterocycles. The van der Waals surface area contributed by atoms with E-state index >= 15 is 0 Å². The molecule has 1 heterocycles. The summed E-state index contributed by atoms with van der Waals surface area (Å²) in [5.41, 5.74) is 1.60. The lowest BCUT2D eigenvalue weighted by molar-refractivity contribution is -0.127. The van der Waals surface area contributed by atoms with Crippen LogP contribution in [0.2, 0.25) is 0 Å². The summed E-state index contributed by atoms with van der Waals surface area (Å²) in [6.07, 6.45) is 0. The van der Waals surface area contributed by atoms with Crippen LogP contribution in [0.5, 0.6) is 11.5 Å². The van der Waals surface area contributed by atoms with Crippen LogP contribution in [0.1, 0.15) is 33.3 Å². The molecular formula is C24H31N3O4. The number of hydrogen-bond acceptors (Lipinski definition) is 4. The third kappa shape index (κ3) is 5.48. The number of methoxy groups -OCH3 is 1. The van der Waals surface area contributed by atoms with Crippen molar-refractivity contribution >= 4 is 23.3 Å². The molecule has 2 aromatic carbocycles. The number of carbonyl (C=O) groups excluding carboxylic acids is 2. The quantitative estimate of drug-likeness (QED) is 0.718. The number of ether oxygens (including phenoxy) is 2. The van der Waals surface area contributed by atoms with Gasteiger partial charge in [0.25, 0.3) is 0 Å². The number of rotatable bonds is 6. The number of fused-ring (bicyclic) bond motifs is 1. The molecule has 1 aliphatic rings. The summed E-state index contributed by atoms with van der Waals surface area (Å²) in [4.78, 5) is 27.3. The summed E-state index contributed by atoms with van der Waals surface area (Å²) in [6, 6.07) is 12.5. The van der Waals surface area contributed by atoms with E-state index in [4.69, 9.17) is 9.47 Å². The molecule has 3 rings (SSSR count). The Bertz CT molecular complexity index is 938. The van der Waals surface area contributed by atoms with Crippen molar-refractivity contribution < 1.29 is 19.1 Å². The van der Waals surface area contributed by atoms with Gasteiger partial charge < -0.3 is 25.0 Å². The number of hydrogen-bond donors (Lipinski definition) is 2. The van der Waals surface area contributed by atoms with E-state index in [1.54, 1.807) is 30.2 Å². The zero-order valence-electron chi connectivity index (χ0n) is 18.8. The highest BCUT2D eigenvalue weighted by Crippen LogP contribution is 2.38. The highest BCUT2D eigenvalue weighted by Gasteiger charge is 2.38. The largest absolute Gasteiger partial charge is 0.497 e. The molecule has 0 fully saturated rings. The lowest BCUT2D eigenvalue weighted by atomic mass is 9.92. The van der Waals surface area contributed by atoms with Crippen LogP contribution in [0.3, 0.4) is 0 Å². The van der Waals surface area contributed by atoms with Crippen molar-refractivity contribution in [1.29, 1.82) is 0 Å². The van der Waals surface area contributed by atoms with Gasteiger partial charge >= 0.3 is 6.03 Å². The molecule has 166 valence electrons. The Kier molecular flexibility index (Phi) is 6.73. The van der Waals surface area contributed by atoms with E-state index in [-0.39, 0.29) is 17.9 Å². The maximum Gasteiger partial charge on any atom is 0.319 e. The SMILES string of the molecule is COc1ccc(CNC(=O)Nc2ccc3c(c2)N(CC(C)C)C(=O)C(C)(C)CO3)cc1. The Morgan fingerprint density at radius 1 is 1.19 bits per heavy atom. The topological polar surface area (TPSA) is 79.9 Å². The lowest BCUT2D eigenvalue weighted by Crippen LogP contribution is -2.43. The minimum Gasteiger partial charge on any atom is -0.497 e. The summed E-state index contributed by atoms with van der Waals surface area (Å²) in [6.45, 7) is 9.19. The Balaban J connectivity index is 1.73. The Morgan fingerprint density at radius 3 is 2.55 bits per heavy atom. The second kappa shape index (κ2) is 9.29. The van der Waals surface area contributed by atoms with Crippen LogP contribution in [0.25, 0.3) is 0 Å². The fraction of sp³-hybridized carbons (Fsp3) is 0.417. The number of carbonyl (C=O) groups is 2. The summed E-state index contributed by atoms with van der Waals surface area (Å²) >= 11 is 0. The molecule has 0 aliphatic carbocycles. The number of amides is 3. The third-order valence-corrected chi connectivity index (χ3v) is 5.08. The van der Waals surface area contributed by atoms with E-state index in [0.717, 1.165) is 11.3 Å². The van der Waals surface area contributed by atoms with Gasteiger partial charge in [-0.1, -0.05) is 26.0 Å². The molecule has 7 heteroatoms. The smallest absolute Gasteiger partial charge is 0.319 e. The highest BCUT2D eigenvalue weighted by molar-refractivity contribution is 6.00. The molecule has 0 spiro atoms. The molecule has 0 saturated carbocycles. The predicted molar refractivity (Wildman–Crippen MR) is 122 cm³/mol. The van der Waals surface area contributed by atoms with Gasteiger partial charge in [0.2, 0.25) is 5.91 Å². The Hall–Kier alpha value is -3.22.